The van der Waals surface area contributed by atoms with Gasteiger partial charge in [0.1, 0.15) is 24.4 Å². The van der Waals surface area contributed by atoms with E-state index in [1.54, 1.807) is 6.92 Å². The van der Waals surface area contributed by atoms with E-state index < -0.39 is 88.5 Å². The van der Waals surface area contributed by atoms with Crippen LogP contribution >= 0.6 is 0 Å². The van der Waals surface area contributed by atoms with Gasteiger partial charge in [0.05, 0.1) is 36.3 Å². The quantitative estimate of drug-likeness (QED) is 0.150. The lowest BCUT2D eigenvalue weighted by Gasteiger charge is -2.71. The number of allylic oxidation sites excluding steroid dienone is 2. The molecule has 1 saturated heterocycles. The average molecular weight is 681 g/mol. The van der Waals surface area contributed by atoms with Crippen LogP contribution in [0.15, 0.2) is 11.6 Å². The maximum Gasteiger partial charge on any atom is 0.310 e. The Balaban J connectivity index is 1.35. The summed E-state index contributed by atoms with van der Waals surface area (Å²) in [6.07, 6.45) is -2.81. The van der Waals surface area contributed by atoms with Gasteiger partial charge in [0, 0.05) is 5.41 Å². The Morgan fingerprint density at radius 3 is 2.12 bits per heavy atom. The Labute approximate surface area is 282 Å². The minimum Gasteiger partial charge on any atom is -0.481 e. The average Bonchev–Trinajstić information content (AvgIpc) is 3.02. The smallest absolute Gasteiger partial charge is 0.310 e. The number of carbonyl (C=O) groups is 2. The highest BCUT2D eigenvalue weighted by molar-refractivity contribution is 5.79. The summed E-state index contributed by atoms with van der Waals surface area (Å²) >= 11 is 0. The van der Waals surface area contributed by atoms with Gasteiger partial charge in [-0.15, -0.1) is 0 Å². The number of rotatable bonds is 6. The summed E-state index contributed by atoms with van der Waals surface area (Å²) in [5.41, 5.74) is -3.08. The summed E-state index contributed by atoms with van der Waals surface area (Å²) < 4.78 is 11.9. The van der Waals surface area contributed by atoms with E-state index >= 15 is 0 Å². The van der Waals surface area contributed by atoms with E-state index in [2.05, 4.69) is 26.8 Å². The summed E-state index contributed by atoms with van der Waals surface area (Å²) in [6.45, 7) is 9.38. The second-order valence-electron chi connectivity index (χ2n) is 17.6. The lowest BCUT2D eigenvalue weighted by atomic mass is 9.33. The van der Waals surface area contributed by atoms with Crippen molar-refractivity contribution < 1.29 is 59.9 Å². The topological polar surface area (TPSA) is 214 Å². The second-order valence-corrected chi connectivity index (χ2v) is 17.6. The molecule has 6 aliphatic rings. The number of aliphatic hydroxyl groups is 6. The van der Waals surface area contributed by atoms with Crippen molar-refractivity contribution in [3.05, 3.63) is 11.6 Å². The fourth-order valence-electron chi connectivity index (χ4n) is 12.4. The molecule has 48 heavy (non-hydrogen) atoms. The number of hydrogen-bond acceptors (Lipinski definition) is 10. The molecule has 272 valence electrons. The van der Waals surface area contributed by atoms with E-state index in [1.807, 2.05) is 6.92 Å². The van der Waals surface area contributed by atoms with Crippen LogP contribution in [0, 0.1) is 50.2 Å². The number of hydrogen-bond donors (Lipinski definition) is 8. The first-order chi connectivity index (χ1) is 22.3. The van der Waals surface area contributed by atoms with Crippen LogP contribution in [0.3, 0.4) is 0 Å². The van der Waals surface area contributed by atoms with Crippen molar-refractivity contribution in [2.45, 2.75) is 135 Å². The number of ether oxygens (including phenoxy) is 2. The molecule has 0 unspecified atom stereocenters. The molecule has 4 saturated carbocycles. The Bertz CT molecular complexity index is 1340. The van der Waals surface area contributed by atoms with E-state index in [4.69, 9.17) is 9.47 Å². The van der Waals surface area contributed by atoms with Crippen LogP contribution in [-0.4, -0.2) is 109 Å². The molecule has 0 aromatic carbocycles. The molecule has 5 aliphatic carbocycles. The Morgan fingerprint density at radius 2 is 1.52 bits per heavy atom. The van der Waals surface area contributed by atoms with Crippen LogP contribution < -0.4 is 0 Å². The maximum absolute atomic E-state index is 13.0. The van der Waals surface area contributed by atoms with Gasteiger partial charge < -0.3 is 50.3 Å². The SMILES string of the molecule is C[C@]1(C(=O)O)CC[C@]2(C(=O)O)CC[C@]3(C)C(=CC[C@@H]4[C@@]5(C)C[C@H](O)[C@H](O[C@@H]6O[C@H](CO)[C@@H](O)[C@H](O)[C@H]6O)[C@@](C)(CO)[C@@H]5CC[C@]43C)[C@@H]2C1. The first kappa shape index (κ1) is 36.2. The molecule has 0 radical (unpaired) electrons. The zero-order chi connectivity index (χ0) is 35.4. The molecule has 1 heterocycles. The van der Waals surface area contributed by atoms with Crippen molar-refractivity contribution in [2.24, 2.45) is 50.2 Å². The standard InChI is InChI=1S/C36H56O12/c1-31(29(43)44)10-12-36(30(45)46)13-11-34(4)18(19(36)14-31)6-7-23-32(2)15-20(39)27(33(3,17-38)22(32)8-9-35(23,34)5)48-28-26(42)25(41)24(40)21(16-37)47-28/h6,19-28,37-42H,7-17H2,1-5H3,(H,43,44)(H,45,46)/t19-,20-,21+,22+,23+,24+,25-,26+,27-,28-,31-,32-,33-,34+,35+,36-/m0/s1. The first-order valence-corrected chi connectivity index (χ1v) is 17.7. The van der Waals surface area contributed by atoms with Gasteiger partial charge in [-0.2, -0.15) is 0 Å². The summed E-state index contributed by atoms with van der Waals surface area (Å²) in [5.74, 6) is -2.19. The summed E-state index contributed by atoms with van der Waals surface area (Å²) in [6, 6.07) is 0. The molecule has 6 rings (SSSR count). The molecule has 12 heteroatoms. The van der Waals surface area contributed by atoms with Crippen molar-refractivity contribution in [1.82, 2.24) is 0 Å². The fourth-order valence-corrected chi connectivity index (χ4v) is 12.4. The minimum atomic E-state index is -1.64. The monoisotopic (exact) mass is 680 g/mol. The number of carboxylic acid groups (broad SMARTS) is 2. The molecule has 5 fully saturated rings. The van der Waals surface area contributed by atoms with Gasteiger partial charge in [0.15, 0.2) is 6.29 Å². The molecule has 0 bridgehead atoms. The third-order valence-corrected chi connectivity index (χ3v) is 15.5. The van der Waals surface area contributed by atoms with Crippen molar-refractivity contribution in [3.63, 3.8) is 0 Å². The third kappa shape index (κ3) is 4.69. The third-order valence-electron chi connectivity index (χ3n) is 15.5. The summed E-state index contributed by atoms with van der Waals surface area (Å²) in [5, 5.41) is 84.8. The van der Waals surface area contributed by atoms with Gasteiger partial charge in [-0.1, -0.05) is 39.3 Å². The number of carboxylic acids is 2. The lowest BCUT2D eigenvalue weighted by molar-refractivity contribution is -0.345. The van der Waals surface area contributed by atoms with E-state index in [0.29, 0.717) is 44.9 Å². The highest BCUT2D eigenvalue weighted by atomic mass is 16.7. The number of aliphatic carboxylic acids is 2. The Kier molecular flexibility index (Phi) is 8.81. The molecule has 0 aromatic rings. The molecular weight excluding hydrogens is 624 g/mol. The molecule has 1 aliphatic heterocycles. The molecule has 8 N–H and O–H groups in total. The molecule has 0 aromatic heterocycles. The molecule has 0 spiro atoms. The van der Waals surface area contributed by atoms with E-state index in [0.717, 1.165) is 12.0 Å². The van der Waals surface area contributed by atoms with Crippen LogP contribution in [0.2, 0.25) is 0 Å². The normalized spacial score (nSPS) is 54.9. The zero-order valence-corrected chi connectivity index (χ0v) is 28.8. The van der Waals surface area contributed by atoms with Crippen LogP contribution in [0.1, 0.15) is 92.4 Å². The van der Waals surface area contributed by atoms with Crippen LogP contribution in [0.4, 0.5) is 0 Å². The van der Waals surface area contributed by atoms with Crippen LogP contribution in [0.25, 0.3) is 0 Å². The summed E-state index contributed by atoms with van der Waals surface area (Å²) in [4.78, 5) is 25.4. The molecular formula is C36H56O12. The predicted octanol–water partition coefficient (Wildman–Crippen LogP) is 2.07. The van der Waals surface area contributed by atoms with Crippen molar-refractivity contribution in [3.8, 4) is 0 Å². The van der Waals surface area contributed by atoms with Crippen LogP contribution in [-0.2, 0) is 19.1 Å². The molecule has 12 nitrogen and oxygen atoms in total. The molecule has 0 amide bonds. The lowest BCUT2D eigenvalue weighted by Crippen LogP contribution is -2.69. The van der Waals surface area contributed by atoms with Crippen molar-refractivity contribution in [1.29, 1.82) is 0 Å². The number of aliphatic hydroxyl groups excluding tert-OH is 6. The van der Waals surface area contributed by atoms with Gasteiger partial charge in [0.2, 0.25) is 0 Å². The van der Waals surface area contributed by atoms with Gasteiger partial charge in [-0.25, -0.2) is 0 Å². The van der Waals surface area contributed by atoms with E-state index in [1.165, 1.54) is 0 Å². The van der Waals surface area contributed by atoms with Gasteiger partial charge >= 0.3 is 11.9 Å². The largest absolute Gasteiger partial charge is 0.481 e. The second kappa shape index (κ2) is 11.7. The predicted molar refractivity (Wildman–Crippen MR) is 170 cm³/mol. The van der Waals surface area contributed by atoms with Gasteiger partial charge in [0.25, 0.3) is 0 Å². The minimum absolute atomic E-state index is 0.0537. The molecule has 16 atom stereocenters. The first-order valence-electron chi connectivity index (χ1n) is 17.7. The van der Waals surface area contributed by atoms with Gasteiger partial charge in [-0.3, -0.25) is 9.59 Å². The van der Waals surface area contributed by atoms with Crippen molar-refractivity contribution >= 4 is 11.9 Å². The van der Waals surface area contributed by atoms with Crippen molar-refractivity contribution in [2.75, 3.05) is 13.2 Å². The number of fused-ring (bicyclic) bond motifs is 7. The maximum atomic E-state index is 13.0. The fraction of sp³-hybridized carbons (Fsp3) is 0.889. The van der Waals surface area contributed by atoms with Crippen LogP contribution in [0.5, 0.6) is 0 Å². The highest BCUT2D eigenvalue weighted by Gasteiger charge is 2.71. The highest BCUT2D eigenvalue weighted by Crippen LogP contribution is 2.76. The Morgan fingerprint density at radius 1 is 0.854 bits per heavy atom. The summed E-state index contributed by atoms with van der Waals surface area (Å²) in [7, 11) is 0. The zero-order valence-electron chi connectivity index (χ0n) is 28.8. The van der Waals surface area contributed by atoms with Gasteiger partial charge in [-0.05, 0) is 98.7 Å². The van der Waals surface area contributed by atoms with E-state index in [-0.39, 0.29) is 36.2 Å². The van der Waals surface area contributed by atoms with E-state index in [9.17, 15) is 50.4 Å². The Hall–Kier alpha value is -1.64.